The Morgan fingerprint density at radius 3 is 2.27 bits per heavy atom. The zero-order valence-corrected chi connectivity index (χ0v) is 12.0. The van der Waals surface area contributed by atoms with Crippen LogP contribution in [0.15, 0.2) is 79.0 Å². The highest BCUT2D eigenvalue weighted by molar-refractivity contribution is 5.96. The maximum Gasteiger partial charge on any atom is 0.340 e. The number of pyridine rings is 1. The van der Waals surface area contributed by atoms with Gasteiger partial charge in [0.2, 0.25) is 0 Å². The second kappa shape index (κ2) is 6.68. The molecule has 2 aromatic carbocycles. The van der Waals surface area contributed by atoms with E-state index in [1.807, 2.05) is 60.7 Å². The molecule has 0 aliphatic rings. The summed E-state index contributed by atoms with van der Waals surface area (Å²) in [6.45, 7) is 0.253. The zero-order valence-electron chi connectivity index (χ0n) is 12.0. The van der Waals surface area contributed by atoms with Crippen molar-refractivity contribution >= 4 is 5.97 Å². The zero-order chi connectivity index (χ0) is 15.2. The highest BCUT2D eigenvalue weighted by Gasteiger charge is 2.14. The predicted octanol–water partition coefficient (Wildman–Crippen LogP) is 4.11. The molecule has 0 spiro atoms. The molecule has 3 heteroatoms. The highest BCUT2D eigenvalue weighted by Crippen LogP contribution is 2.21. The van der Waals surface area contributed by atoms with E-state index in [1.165, 1.54) is 0 Å². The fraction of sp³-hybridized carbons (Fsp3) is 0.0526. The Balaban J connectivity index is 1.81. The van der Waals surface area contributed by atoms with E-state index in [9.17, 15) is 4.79 Å². The molecule has 0 atom stereocenters. The van der Waals surface area contributed by atoms with Gasteiger partial charge in [-0.25, -0.2) is 4.79 Å². The van der Waals surface area contributed by atoms with Gasteiger partial charge < -0.3 is 4.74 Å². The summed E-state index contributed by atoms with van der Waals surface area (Å²) in [5.74, 6) is -0.365. The van der Waals surface area contributed by atoms with Crippen molar-refractivity contribution in [3.8, 4) is 11.3 Å². The van der Waals surface area contributed by atoms with Crippen LogP contribution in [0.5, 0.6) is 0 Å². The van der Waals surface area contributed by atoms with E-state index in [0.717, 1.165) is 11.1 Å². The minimum Gasteiger partial charge on any atom is -0.457 e. The number of nitrogens with zero attached hydrogens (tertiary/aromatic N) is 1. The topological polar surface area (TPSA) is 39.2 Å². The Morgan fingerprint density at radius 1 is 0.864 bits per heavy atom. The number of benzene rings is 2. The normalized spacial score (nSPS) is 10.2. The molecule has 3 nitrogen and oxygen atoms in total. The molecular weight excluding hydrogens is 274 g/mol. The predicted molar refractivity (Wildman–Crippen MR) is 85.2 cm³/mol. The molecule has 1 aromatic heterocycles. The van der Waals surface area contributed by atoms with E-state index in [2.05, 4.69) is 4.98 Å². The van der Waals surface area contributed by atoms with Crippen LogP contribution in [-0.2, 0) is 11.3 Å². The van der Waals surface area contributed by atoms with E-state index in [0.29, 0.717) is 11.3 Å². The van der Waals surface area contributed by atoms with E-state index in [4.69, 9.17) is 4.74 Å². The summed E-state index contributed by atoms with van der Waals surface area (Å²) < 4.78 is 5.40. The monoisotopic (exact) mass is 289 g/mol. The molecule has 0 aliphatic carbocycles. The lowest BCUT2D eigenvalue weighted by Gasteiger charge is -2.09. The largest absolute Gasteiger partial charge is 0.457 e. The smallest absolute Gasteiger partial charge is 0.340 e. The molecule has 0 N–H and O–H groups in total. The molecule has 0 unspecified atom stereocenters. The first-order valence-electron chi connectivity index (χ1n) is 7.06. The van der Waals surface area contributed by atoms with Crippen molar-refractivity contribution in [2.75, 3.05) is 0 Å². The third-order valence-corrected chi connectivity index (χ3v) is 3.29. The first kappa shape index (κ1) is 14.0. The van der Waals surface area contributed by atoms with Crippen molar-refractivity contribution in [2.45, 2.75) is 6.61 Å². The molecule has 0 saturated carbocycles. The average Bonchev–Trinajstić information content (AvgIpc) is 2.61. The summed E-state index contributed by atoms with van der Waals surface area (Å²) in [5, 5.41) is 0. The fourth-order valence-electron chi connectivity index (χ4n) is 2.20. The Morgan fingerprint density at radius 2 is 1.55 bits per heavy atom. The second-order valence-electron chi connectivity index (χ2n) is 4.83. The van der Waals surface area contributed by atoms with Gasteiger partial charge in [-0.15, -0.1) is 0 Å². The van der Waals surface area contributed by atoms with Crippen LogP contribution in [0.4, 0.5) is 0 Å². The molecule has 3 aromatic rings. The van der Waals surface area contributed by atoms with Gasteiger partial charge in [-0.05, 0) is 17.7 Å². The van der Waals surface area contributed by atoms with Gasteiger partial charge in [0.15, 0.2) is 0 Å². The van der Waals surface area contributed by atoms with Gasteiger partial charge in [-0.3, -0.25) is 4.98 Å². The van der Waals surface area contributed by atoms with Crippen molar-refractivity contribution in [1.29, 1.82) is 0 Å². The van der Waals surface area contributed by atoms with Gasteiger partial charge in [0.05, 0.1) is 11.3 Å². The molecule has 22 heavy (non-hydrogen) atoms. The van der Waals surface area contributed by atoms with Crippen LogP contribution in [0.1, 0.15) is 15.9 Å². The Bertz CT molecular complexity index is 755. The molecule has 1 heterocycles. The first-order valence-corrected chi connectivity index (χ1v) is 7.06. The Labute approximate surface area is 129 Å². The number of esters is 1. The number of hydrogen-bond acceptors (Lipinski definition) is 3. The molecule has 3 rings (SSSR count). The molecule has 0 radical (unpaired) electrons. The lowest BCUT2D eigenvalue weighted by atomic mass is 10.1. The quantitative estimate of drug-likeness (QED) is 0.679. The number of carbonyl (C=O) groups is 1. The summed E-state index contributed by atoms with van der Waals surface area (Å²) in [6, 6.07) is 22.7. The lowest BCUT2D eigenvalue weighted by Crippen LogP contribution is -2.07. The summed E-state index contributed by atoms with van der Waals surface area (Å²) in [4.78, 5) is 16.7. The van der Waals surface area contributed by atoms with Crippen LogP contribution in [0.25, 0.3) is 11.3 Å². The van der Waals surface area contributed by atoms with Gasteiger partial charge in [0.1, 0.15) is 6.61 Å². The standard InChI is InChI=1S/C19H15NO2/c21-19(22-14-15-8-3-1-4-9-15)17-12-7-13-20-18(17)16-10-5-2-6-11-16/h1-13H,14H2. The van der Waals surface area contributed by atoms with Gasteiger partial charge in [0, 0.05) is 11.8 Å². The minimum absolute atomic E-state index is 0.253. The first-order chi connectivity index (χ1) is 10.8. The molecule has 0 saturated heterocycles. The molecule has 0 aliphatic heterocycles. The van der Waals surface area contributed by atoms with Crippen molar-refractivity contribution < 1.29 is 9.53 Å². The third kappa shape index (κ3) is 3.20. The van der Waals surface area contributed by atoms with Gasteiger partial charge in [-0.1, -0.05) is 60.7 Å². The number of ether oxygens (including phenoxy) is 1. The Kier molecular flexibility index (Phi) is 4.25. The van der Waals surface area contributed by atoms with Crippen LogP contribution in [0, 0.1) is 0 Å². The van der Waals surface area contributed by atoms with Crippen LogP contribution < -0.4 is 0 Å². The van der Waals surface area contributed by atoms with Gasteiger partial charge in [0.25, 0.3) is 0 Å². The minimum atomic E-state index is -0.365. The summed E-state index contributed by atoms with van der Waals surface area (Å²) >= 11 is 0. The number of rotatable bonds is 4. The van der Waals surface area contributed by atoms with E-state index in [-0.39, 0.29) is 12.6 Å². The van der Waals surface area contributed by atoms with Crippen LogP contribution in [0.2, 0.25) is 0 Å². The van der Waals surface area contributed by atoms with E-state index >= 15 is 0 Å². The fourth-order valence-corrected chi connectivity index (χ4v) is 2.20. The van der Waals surface area contributed by atoms with Crippen molar-refractivity contribution in [3.05, 3.63) is 90.1 Å². The SMILES string of the molecule is O=C(OCc1ccccc1)c1cccnc1-c1ccccc1. The number of carbonyl (C=O) groups excluding carboxylic acids is 1. The Hall–Kier alpha value is -2.94. The van der Waals surface area contributed by atoms with Crippen LogP contribution in [0.3, 0.4) is 0 Å². The molecular formula is C19H15NO2. The van der Waals surface area contributed by atoms with E-state index in [1.54, 1.807) is 18.3 Å². The molecule has 108 valence electrons. The van der Waals surface area contributed by atoms with Crippen LogP contribution >= 0.6 is 0 Å². The highest BCUT2D eigenvalue weighted by atomic mass is 16.5. The molecule has 0 amide bonds. The van der Waals surface area contributed by atoms with Gasteiger partial charge in [-0.2, -0.15) is 0 Å². The number of aromatic nitrogens is 1. The summed E-state index contributed by atoms with van der Waals surface area (Å²) in [5.41, 5.74) is 2.97. The number of hydrogen-bond donors (Lipinski definition) is 0. The molecule has 0 fully saturated rings. The van der Waals surface area contributed by atoms with Crippen molar-refractivity contribution in [3.63, 3.8) is 0 Å². The molecule has 0 bridgehead atoms. The third-order valence-electron chi connectivity index (χ3n) is 3.29. The van der Waals surface area contributed by atoms with Crippen LogP contribution in [-0.4, -0.2) is 11.0 Å². The second-order valence-corrected chi connectivity index (χ2v) is 4.83. The van der Waals surface area contributed by atoms with E-state index < -0.39 is 0 Å². The lowest BCUT2D eigenvalue weighted by molar-refractivity contribution is 0.0473. The van der Waals surface area contributed by atoms with Crippen molar-refractivity contribution in [2.24, 2.45) is 0 Å². The summed E-state index contributed by atoms with van der Waals surface area (Å²) in [7, 11) is 0. The average molecular weight is 289 g/mol. The van der Waals surface area contributed by atoms with Crippen molar-refractivity contribution in [1.82, 2.24) is 4.98 Å². The maximum absolute atomic E-state index is 12.3. The maximum atomic E-state index is 12.3. The summed E-state index contributed by atoms with van der Waals surface area (Å²) in [6.07, 6.45) is 1.68. The van der Waals surface area contributed by atoms with Gasteiger partial charge >= 0.3 is 5.97 Å².